The SMILES string of the molecule is CC[C@H]1CN(I)CCN1C(=O)[C@@H](C)O. The van der Waals surface area contributed by atoms with Crippen molar-refractivity contribution in [2.45, 2.75) is 32.4 Å². The van der Waals surface area contributed by atoms with Crippen molar-refractivity contribution >= 4 is 28.8 Å². The van der Waals surface area contributed by atoms with Gasteiger partial charge in [-0.3, -0.25) is 4.79 Å². The van der Waals surface area contributed by atoms with E-state index < -0.39 is 6.10 Å². The van der Waals surface area contributed by atoms with Crippen LogP contribution in [0, 0.1) is 0 Å². The van der Waals surface area contributed by atoms with Gasteiger partial charge >= 0.3 is 0 Å². The summed E-state index contributed by atoms with van der Waals surface area (Å²) >= 11 is 2.28. The molecule has 0 radical (unpaired) electrons. The molecule has 1 aliphatic rings. The fourth-order valence-electron chi connectivity index (χ4n) is 1.70. The predicted molar refractivity (Wildman–Crippen MR) is 63.1 cm³/mol. The first-order valence-corrected chi connectivity index (χ1v) is 5.92. The summed E-state index contributed by atoms with van der Waals surface area (Å²) in [6, 6.07) is 0.253. The van der Waals surface area contributed by atoms with Gasteiger partial charge in [-0.05, 0) is 13.3 Å². The van der Waals surface area contributed by atoms with Crippen molar-refractivity contribution in [2.24, 2.45) is 0 Å². The number of amides is 1. The Bertz CT molecular complexity index is 211. The van der Waals surface area contributed by atoms with Gasteiger partial charge in [-0.25, -0.2) is 3.11 Å². The van der Waals surface area contributed by atoms with E-state index in [9.17, 15) is 9.90 Å². The molecular formula is C9H17IN2O2. The molecule has 0 spiro atoms. The average molecular weight is 312 g/mol. The van der Waals surface area contributed by atoms with E-state index >= 15 is 0 Å². The van der Waals surface area contributed by atoms with Crippen LogP contribution in [0.3, 0.4) is 0 Å². The summed E-state index contributed by atoms with van der Waals surface area (Å²) in [4.78, 5) is 13.4. The normalized spacial score (nSPS) is 26.3. The number of carbonyl (C=O) groups excluding carboxylic acids is 1. The van der Waals surface area contributed by atoms with Crippen LogP contribution in [-0.4, -0.2) is 50.8 Å². The van der Waals surface area contributed by atoms with Gasteiger partial charge in [0.15, 0.2) is 0 Å². The molecule has 14 heavy (non-hydrogen) atoms. The lowest BCUT2D eigenvalue weighted by molar-refractivity contribution is -0.143. The molecule has 0 saturated carbocycles. The smallest absolute Gasteiger partial charge is 0.251 e. The van der Waals surface area contributed by atoms with Crippen molar-refractivity contribution in [3.8, 4) is 0 Å². The summed E-state index contributed by atoms with van der Waals surface area (Å²) in [5.74, 6) is -0.138. The highest BCUT2D eigenvalue weighted by atomic mass is 127. The Kier molecular flexibility index (Phi) is 4.59. The molecule has 1 amide bonds. The summed E-state index contributed by atoms with van der Waals surface area (Å²) in [5.41, 5.74) is 0. The third-order valence-corrected chi connectivity index (χ3v) is 3.42. The topological polar surface area (TPSA) is 43.8 Å². The van der Waals surface area contributed by atoms with E-state index in [0.29, 0.717) is 0 Å². The molecule has 5 heteroatoms. The highest BCUT2D eigenvalue weighted by molar-refractivity contribution is 14.1. The summed E-state index contributed by atoms with van der Waals surface area (Å²) in [6.07, 6.45) is 0.0719. The summed E-state index contributed by atoms with van der Waals surface area (Å²) in [6.45, 7) is 6.12. The fourth-order valence-corrected chi connectivity index (χ4v) is 2.37. The maximum atomic E-state index is 11.6. The average Bonchev–Trinajstić information content (AvgIpc) is 2.16. The van der Waals surface area contributed by atoms with Crippen LogP contribution in [0.25, 0.3) is 0 Å². The lowest BCUT2D eigenvalue weighted by Gasteiger charge is -2.39. The standard InChI is InChI=1S/C9H17IN2O2/c1-3-8-6-11(10)4-5-12(8)9(14)7(2)13/h7-8,13H,3-6H2,1-2H3/t7-,8+/m1/s1. The summed E-state index contributed by atoms with van der Waals surface area (Å²) < 4.78 is 2.19. The lowest BCUT2D eigenvalue weighted by Crippen LogP contribution is -2.54. The number of rotatable bonds is 2. The second kappa shape index (κ2) is 5.27. The number of nitrogens with zero attached hydrogens (tertiary/aromatic N) is 2. The van der Waals surface area contributed by atoms with Crippen molar-refractivity contribution in [3.05, 3.63) is 0 Å². The monoisotopic (exact) mass is 312 g/mol. The first kappa shape index (κ1) is 12.2. The quantitative estimate of drug-likeness (QED) is 0.601. The van der Waals surface area contributed by atoms with Gasteiger partial charge in [-0.15, -0.1) is 0 Å². The van der Waals surface area contributed by atoms with Crippen LogP contribution in [0.1, 0.15) is 20.3 Å². The van der Waals surface area contributed by atoms with Crippen LogP contribution in [0.4, 0.5) is 0 Å². The van der Waals surface area contributed by atoms with Crippen molar-refractivity contribution in [3.63, 3.8) is 0 Å². The molecule has 1 rings (SSSR count). The maximum Gasteiger partial charge on any atom is 0.251 e. The fraction of sp³-hybridized carbons (Fsp3) is 0.889. The van der Waals surface area contributed by atoms with Crippen LogP contribution in [0.15, 0.2) is 0 Å². The number of carbonyl (C=O) groups is 1. The van der Waals surface area contributed by atoms with Gasteiger partial charge in [0.05, 0.1) is 0 Å². The Hall–Kier alpha value is 0.120. The molecule has 0 aromatic rings. The molecule has 0 aromatic heterocycles. The third-order valence-electron chi connectivity index (χ3n) is 2.54. The Balaban J connectivity index is 2.63. The number of aliphatic hydroxyl groups is 1. The van der Waals surface area contributed by atoms with Crippen molar-refractivity contribution in [1.29, 1.82) is 0 Å². The zero-order chi connectivity index (χ0) is 10.7. The first-order chi connectivity index (χ1) is 6.56. The molecule has 0 aromatic carbocycles. The minimum atomic E-state index is -0.871. The Morgan fingerprint density at radius 3 is 2.79 bits per heavy atom. The Labute approximate surface area is 98.7 Å². The largest absolute Gasteiger partial charge is 0.384 e. The van der Waals surface area contributed by atoms with E-state index in [-0.39, 0.29) is 11.9 Å². The van der Waals surface area contributed by atoms with E-state index in [1.807, 2.05) is 0 Å². The highest BCUT2D eigenvalue weighted by Crippen LogP contribution is 2.16. The van der Waals surface area contributed by atoms with Crippen molar-refractivity contribution in [2.75, 3.05) is 19.6 Å². The van der Waals surface area contributed by atoms with Gasteiger partial charge in [0, 0.05) is 48.5 Å². The first-order valence-electron chi connectivity index (χ1n) is 4.95. The number of piperazine rings is 1. The van der Waals surface area contributed by atoms with Crippen LogP contribution >= 0.6 is 22.9 Å². The predicted octanol–water partition coefficient (Wildman–Crippen LogP) is 0.640. The number of hydrogen-bond donors (Lipinski definition) is 1. The molecule has 0 bridgehead atoms. The molecule has 1 N–H and O–H groups in total. The molecule has 4 nitrogen and oxygen atoms in total. The number of hydrogen-bond acceptors (Lipinski definition) is 3. The summed E-state index contributed by atoms with van der Waals surface area (Å²) in [5, 5.41) is 9.25. The van der Waals surface area contributed by atoms with E-state index in [0.717, 1.165) is 26.1 Å². The molecule has 1 aliphatic heterocycles. The zero-order valence-corrected chi connectivity index (χ0v) is 10.8. The molecule has 0 aliphatic carbocycles. The highest BCUT2D eigenvalue weighted by Gasteiger charge is 2.29. The van der Waals surface area contributed by atoms with Gasteiger partial charge in [-0.1, -0.05) is 6.92 Å². The molecular weight excluding hydrogens is 295 g/mol. The van der Waals surface area contributed by atoms with Crippen molar-refractivity contribution < 1.29 is 9.90 Å². The van der Waals surface area contributed by atoms with Gasteiger partial charge in [0.25, 0.3) is 5.91 Å². The Morgan fingerprint density at radius 1 is 1.64 bits per heavy atom. The van der Waals surface area contributed by atoms with Gasteiger partial charge in [0.2, 0.25) is 0 Å². The Morgan fingerprint density at radius 2 is 2.29 bits per heavy atom. The van der Waals surface area contributed by atoms with E-state index in [1.165, 1.54) is 6.92 Å². The minimum absolute atomic E-state index is 0.138. The zero-order valence-electron chi connectivity index (χ0n) is 8.61. The van der Waals surface area contributed by atoms with Gasteiger partial charge < -0.3 is 10.0 Å². The number of halogens is 1. The van der Waals surface area contributed by atoms with Crippen LogP contribution in [-0.2, 0) is 4.79 Å². The van der Waals surface area contributed by atoms with Crippen molar-refractivity contribution in [1.82, 2.24) is 8.01 Å². The molecule has 0 unspecified atom stereocenters. The maximum absolute atomic E-state index is 11.6. The van der Waals surface area contributed by atoms with E-state index in [4.69, 9.17) is 0 Å². The molecule has 1 heterocycles. The molecule has 2 atom stereocenters. The second-order valence-electron chi connectivity index (χ2n) is 3.64. The second-order valence-corrected chi connectivity index (χ2v) is 5.00. The minimum Gasteiger partial charge on any atom is -0.384 e. The third kappa shape index (κ3) is 2.80. The van der Waals surface area contributed by atoms with Crippen LogP contribution in [0.5, 0.6) is 0 Å². The van der Waals surface area contributed by atoms with Crippen LogP contribution in [0.2, 0.25) is 0 Å². The molecule has 1 fully saturated rings. The van der Waals surface area contributed by atoms with Gasteiger partial charge in [-0.2, -0.15) is 0 Å². The molecule has 1 saturated heterocycles. The number of aliphatic hydroxyl groups excluding tert-OH is 1. The van der Waals surface area contributed by atoms with E-state index in [2.05, 4.69) is 32.9 Å². The van der Waals surface area contributed by atoms with Gasteiger partial charge in [0.1, 0.15) is 6.10 Å². The lowest BCUT2D eigenvalue weighted by atomic mass is 10.1. The summed E-state index contributed by atoms with van der Waals surface area (Å²) in [7, 11) is 0. The van der Waals surface area contributed by atoms with Crippen LogP contribution < -0.4 is 0 Å². The molecule has 82 valence electrons. The van der Waals surface area contributed by atoms with E-state index in [1.54, 1.807) is 4.90 Å².